The van der Waals surface area contributed by atoms with Crippen molar-refractivity contribution in [1.29, 1.82) is 0 Å². The highest BCUT2D eigenvalue weighted by Crippen LogP contribution is 2.20. The molecular formula is C24H32ClN3O4S. The minimum absolute atomic E-state index is 0.0486. The summed E-state index contributed by atoms with van der Waals surface area (Å²) in [5.41, 5.74) is 2.13. The topological polar surface area (TPSA) is 86.8 Å². The van der Waals surface area contributed by atoms with E-state index in [0.717, 1.165) is 28.1 Å². The third-order valence-electron chi connectivity index (χ3n) is 5.44. The van der Waals surface area contributed by atoms with E-state index >= 15 is 0 Å². The van der Waals surface area contributed by atoms with Crippen LogP contribution in [0.25, 0.3) is 0 Å². The summed E-state index contributed by atoms with van der Waals surface area (Å²) in [7, 11) is -3.74. The third kappa shape index (κ3) is 7.75. The highest BCUT2D eigenvalue weighted by Gasteiger charge is 2.30. The lowest BCUT2D eigenvalue weighted by Crippen LogP contribution is -2.52. The molecule has 0 aliphatic rings. The van der Waals surface area contributed by atoms with E-state index in [1.807, 2.05) is 20.8 Å². The number of nitrogens with zero attached hydrogens (tertiary/aromatic N) is 2. The van der Waals surface area contributed by atoms with Crippen molar-refractivity contribution < 1.29 is 18.0 Å². The second kappa shape index (κ2) is 11.5. The molecule has 7 nitrogen and oxygen atoms in total. The highest BCUT2D eigenvalue weighted by molar-refractivity contribution is 7.92. The number of carbonyl (C=O) groups excluding carboxylic acids is 2. The van der Waals surface area contributed by atoms with Gasteiger partial charge in [-0.1, -0.05) is 48.4 Å². The molecule has 0 heterocycles. The molecule has 2 aromatic rings. The van der Waals surface area contributed by atoms with E-state index in [0.29, 0.717) is 10.7 Å². The SMILES string of the molecule is CC[C@H](C)NC(=O)[C@@H](C)N(Cc1ccc(Cl)cc1)C(=O)CN(c1ccc(C)cc1)S(C)(=O)=O. The molecule has 0 aliphatic carbocycles. The molecule has 0 fully saturated rings. The monoisotopic (exact) mass is 493 g/mol. The van der Waals surface area contributed by atoms with Gasteiger partial charge < -0.3 is 10.2 Å². The van der Waals surface area contributed by atoms with E-state index in [-0.39, 0.29) is 18.5 Å². The fourth-order valence-electron chi connectivity index (χ4n) is 3.16. The standard InChI is InChI=1S/C24H32ClN3O4S/c1-6-18(3)26-24(30)19(4)27(15-20-9-11-21(25)12-10-20)23(29)16-28(33(5,31)32)22-13-7-17(2)8-14-22/h7-14,18-19H,6,15-16H2,1-5H3,(H,26,30)/t18-,19+/m0/s1. The number of halogens is 1. The van der Waals surface area contributed by atoms with Crippen LogP contribution in [0, 0.1) is 6.92 Å². The number of anilines is 1. The van der Waals surface area contributed by atoms with Crippen LogP contribution in [0.1, 0.15) is 38.3 Å². The molecule has 0 aliphatic heterocycles. The van der Waals surface area contributed by atoms with E-state index in [9.17, 15) is 18.0 Å². The second-order valence-corrected chi connectivity index (χ2v) is 10.6. The van der Waals surface area contributed by atoms with Crippen LogP contribution in [0.2, 0.25) is 5.02 Å². The van der Waals surface area contributed by atoms with Crippen molar-refractivity contribution in [3.8, 4) is 0 Å². The van der Waals surface area contributed by atoms with E-state index in [2.05, 4.69) is 5.32 Å². The third-order valence-corrected chi connectivity index (χ3v) is 6.83. The van der Waals surface area contributed by atoms with Crippen LogP contribution in [0.4, 0.5) is 5.69 Å². The maximum absolute atomic E-state index is 13.4. The van der Waals surface area contributed by atoms with Crippen molar-refractivity contribution in [3.05, 3.63) is 64.7 Å². The Balaban J connectivity index is 2.36. The fourth-order valence-corrected chi connectivity index (χ4v) is 4.13. The van der Waals surface area contributed by atoms with Crippen LogP contribution in [-0.2, 0) is 26.2 Å². The molecule has 9 heteroatoms. The molecule has 0 saturated carbocycles. The van der Waals surface area contributed by atoms with Gasteiger partial charge in [-0.25, -0.2) is 8.42 Å². The molecule has 1 N–H and O–H groups in total. The predicted molar refractivity (Wildman–Crippen MR) is 133 cm³/mol. The van der Waals surface area contributed by atoms with Gasteiger partial charge in [0.1, 0.15) is 12.6 Å². The Kier molecular flexibility index (Phi) is 9.31. The number of carbonyl (C=O) groups is 2. The Morgan fingerprint density at radius 1 is 1.03 bits per heavy atom. The van der Waals surface area contributed by atoms with Gasteiger partial charge in [-0.05, 0) is 57.0 Å². The molecule has 2 amide bonds. The lowest BCUT2D eigenvalue weighted by atomic mass is 10.1. The number of nitrogens with one attached hydrogen (secondary N) is 1. The Labute approximate surface area is 201 Å². The number of sulfonamides is 1. The molecule has 0 unspecified atom stereocenters. The zero-order valence-corrected chi connectivity index (χ0v) is 21.3. The zero-order chi connectivity index (χ0) is 24.8. The number of hydrogen-bond acceptors (Lipinski definition) is 4. The van der Waals surface area contributed by atoms with Gasteiger partial charge in [-0.2, -0.15) is 0 Å². The van der Waals surface area contributed by atoms with Gasteiger partial charge in [0.25, 0.3) is 0 Å². The van der Waals surface area contributed by atoms with Gasteiger partial charge in [0.05, 0.1) is 11.9 Å². The lowest BCUT2D eigenvalue weighted by molar-refractivity contribution is -0.139. The first-order valence-electron chi connectivity index (χ1n) is 10.8. The van der Waals surface area contributed by atoms with Gasteiger partial charge in [0.2, 0.25) is 21.8 Å². The van der Waals surface area contributed by atoms with E-state index in [4.69, 9.17) is 11.6 Å². The van der Waals surface area contributed by atoms with Crippen molar-refractivity contribution >= 4 is 39.1 Å². The minimum atomic E-state index is -3.74. The molecule has 0 spiro atoms. The molecule has 0 saturated heterocycles. The van der Waals surface area contributed by atoms with Crippen molar-refractivity contribution in [2.24, 2.45) is 0 Å². The number of aryl methyl sites for hydroxylation is 1. The molecule has 2 atom stereocenters. The van der Waals surface area contributed by atoms with Crippen molar-refractivity contribution in [2.45, 2.75) is 52.7 Å². The number of amides is 2. The second-order valence-electron chi connectivity index (χ2n) is 8.25. The maximum Gasteiger partial charge on any atom is 0.244 e. The average Bonchev–Trinajstić information content (AvgIpc) is 2.76. The first-order valence-corrected chi connectivity index (χ1v) is 13.0. The number of rotatable bonds is 10. The zero-order valence-electron chi connectivity index (χ0n) is 19.7. The van der Waals surface area contributed by atoms with Gasteiger partial charge in [0, 0.05) is 17.6 Å². The Hall–Kier alpha value is -2.58. The Bertz CT molecular complexity index is 1060. The first kappa shape index (κ1) is 26.7. The van der Waals surface area contributed by atoms with Crippen molar-refractivity contribution in [1.82, 2.24) is 10.2 Å². The van der Waals surface area contributed by atoms with E-state index in [1.165, 1.54) is 4.90 Å². The maximum atomic E-state index is 13.4. The smallest absolute Gasteiger partial charge is 0.244 e. The average molecular weight is 494 g/mol. The van der Waals surface area contributed by atoms with Crippen LogP contribution < -0.4 is 9.62 Å². The van der Waals surface area contributed by atoms with Gasteiger partial charge >= 0.3 is 0 Å². The summed E-state index contributed by atoms with van der Waals surface area (Å²) in [5.74, 6) is -0.782. The normalized spacial score (nSPS) is 13.2. The number of hydrogen-bond donors (Lipinski definition) is 1. The summed E-state index contributed by atoms with van der Waals surface area (Å²) in [6.45, 7) is 7.09. The molecular weight excluding hydrogens is 462 g/mol. The van der Waals surface area contributed by atoms with Gasteiger partial charge in [0.15, 0.2) is 0 Å². The molecule has 0 bridgehead atoms. The summed E-state index contributed by atoms with van der Waals surface area (Å²) >= 11 is 5.98. The van der Waals surface area contributed by atoms with E-state index in [1.54, 1.807) is 55.5 Å². The number of benzene rings is 2. The fraction of sp³-hybridized carbons (Fsp3) is 0.417. The molecule has 33 heavy (non-hydrogen) atoms. The van der Waals surface area contributed by atoms with Gasteiger partial charge in [-0.3, -0.25) is 13.9 Å². The van der Waals surface area contributed by atoms with Crippen LogP contribution in [-0.4, -0.2) is 50.0 Å². The molecule has 0 aromatic heterocycles. The summed E-state index contributed by atoms with van der Waals surface area (Å²) in [6.07, 6.45) is 1.81. The van der Waals surface area contributed by atoms with Crippen LogP contribution in [0.3, 0.4) is 0 Å². The molecule has 0 radical (unpaired) electrons. The molecule has 180 valence electrons. The quantitative estimate of drug-likeness (QED) is 0.546. The van der Waals surface area contributed by atoms with Crippen molar-refractivity contribution in [2.75, 3.05) is 17.1 Å². The summed E-state index contributed by atoms with van der Waals surface area (Å²) in [6, 6.07) is 13.0. The largest absolute Gasteiger partial charge is 0.352 e. The summed E-state index contributed by atoms with van der Waals surface area (Å²) in [4.78, 5) is 27.7. The lowest BCUT2D eigenvalue weighted by Gasteiger charge is -2.32. The first-order chi connectivity index (χ1) is 15.4. The Morgan fingerprint density at radius 3 is 2.12 bits per heavy atom. The van der Waals surface area contributed by atoms with Crippen LogP contribution in [0.15, 0.2) is 48.5 Å². The minimum Gasteiger partial charge on any atom is -0.352 e. The predicted octanol–water partition coefficient (Wildman–Crippen LogP) is 3.75. The van der Waals surface area contributed by atoms with Crippen molar-refractivity contribution in [3.63, 3.8) is 0 Å². The molecule has 2 rings (SSSR count). The van der Waals surface area contributed by atoms with Gasteiger partial charge in [-0.15, -0.1) is 0 Å². The van der Waals surface area contributed by atoms with Crippen LogP contribution >= 0.6 is 11.6 Å². The highest BCUT2D eigenvalue weighted by atomic mass is 35.5. The molecule has 2 aromatic carbocycles. The summed E-state index contributed by atoms with van der Waals surface area (Å²) in [5, 5.41) is 3.45. The van der Waals surface area contributed by atoms with E-state index < -0.39 is 28.5 Å². The van der Waals surface area contributed by atoms with Crippen LogP contribution in [0.5, 0.6) is 0 Å². The Morgan fingerprint density at radius 2 is 1.61 bits per heavy atom. The summed E-state index contributed by atoms with van der Waals surface area (Å²) < 4.78 is 26.1.